The Morgan fingerprint density at radius 2 is 1.69 bits per heavy atom. The molecule has 4 nitrogen and oxygen atoms in total. The van der Waals surface area contributed by atoms with Gasteiger partial charge in [-0.25, -0.2) is 4.79 Å². The van der Waals surface area contributed by atoms with Gasteiger partial charge in [-0.3, -0.25) is 0 Å². The van der Waals surface area contributed by atoms with Crippen molar-refractivity contribution in [2.24, 2.45) is 11.7 Å². The number of allylic oxidation sites excluding steroid dienone is 5. The minimum atomic E-state index is -0.459. The van der Waals surface area contributed by atoms with Crippen molar-refractivity contribution in [1.29, 1.82) is 0 Å². The highest BCUT2D eigenvalue weighted by Gasteiger charge is 2.18. The number of carbonyl (C=O) groups is 1. The summed E-state index contributed by atoms with van der Waals surface area (Å²) in [6.07, 6.45) is 21.8. The third kappa shape index (κ3) is 11.5. The van der Waals surface area contributed by atoms with Crippen LogP contribution in [0.15, 0.2) is 71.7 Å². The molecule has 4 heteroatoms. The molecule has 0 radical (unpaired) electrons. The molecule has 2 rings (SSSR count). The summed E-state index contributed by atoms with van der Waals surface area (Å²) < 4.78 is 11.5. The van der Waals surface area contributed by atoms with Gasteiger partial charge in [0.1, 0.15) is 11.5 Å². The summed E-state index contributed by atoms with van der Waals surface area (Å²) in [7, 11) is 0. The van der Waals surface area contributed by atoms with Crippen LogP contribution in [-0.2, 0) is 14.3 Å². The van der Waals surface area contributed by atoms with Crippen molar-refractivity contribution in [1.82, 2.24) is 0 Å². The highest BCUT2D eigenvalue weighted by molar-refractivity contribution is 5.87. The molecule has 0 saturated heterocycles. The summed E-state index contributed by atoms with van der Waals surface area (Å²) in [5.74, 6) is 0.260. The molecule has 1 aliphatic rings. The molecule has 2 atom stereocenters. The van der Waals surface area contributed by atoms with Crippen LogP contribution < -0.4 is 5.73 Å². The van der Waals surface area contributed by atoms with E-state index in [1.807, 2.05) is 37.3 Å². The minimum Gasteiger partial charge on any atom is -0.494 e. The summed E-state index contributed by atoms with van der Waals surface area (Å²) in [5, 5.41) is 0. The van der Waals surface area contributed by atoms with Crippen molar-refractivity contribution in [3.8, 4) is 0 Å². The van der Waals surface area contributed by atoms with E-state index >= 15 is 0 Å². The average Bonchev–Trinajstić information content (AvgIpc) is 2.85. The number of unbranched alkanes of at least 4 members (excludes halogenated alkanes) is 7. The zero-order chi connectivity index (χ0) is 25.3. The summed E-state index contributed by atoms with van der Waals surface area (Å²) >= 11 is 0. The van der Waals surface area contributed by atoms with Crippen LogP contribution in [0.3, 0.4) is 0 Å². The number of esters is 1. The van der Waals surface area contributed by atoms with E-state index in [2.05, 4.69) is 38.1 Å². The predicted molar refractivity (Wildman–Crippen MR) is 146 cm³/mol. The van der Waals surface area contributed by atoms with Crippen molar-refractivity contribution >= 4 is 12.0 Å². The Morgan fingerprint density at radius 3 is 2.37 bits per heavy atom. The van der Waals surface area contributed by atoms with Crippen molar-refractivity contribution in [3.05, 3.63) is 77.2 Å². The minimum absolute atomic E-state index is 0.125. The molecule has 0 aromatic heterocycles. The summed E-state index contributed by atoms with van der Waals surface area (Å²) in [5.41, 5.74) is 8.38. The van der Waals surface area contributed by atoms with Gasteiger partial charge in [-0.15, -0.1) is 0 Å². The van der Waals surface area contributed by atoms with Gasteiger partial charge >= 0.3 is 5.97 Å². The standard InChI is InChI=1S/C31H45NO3/c1-4-6-7-8-9-10-11-15-21-34-29-20-19-27(24-30(32)31(33)35-25(3)16-5-2)28(23-29)22-26-17-13-12-14-18-26/h12-14,17-20,22-25,27H,4-11,15-16,21,32H2,1-3H3. The van der Waals surface area contributed by atoms with E-state index in [1.165, 1.54) is 44.9 Å². The Balaban J connectivity index is 1.98. The van der Waals surface area contributed by atoms with Crippen LogP contribution in [0.4, 0.5) is 0 Å². The van der Waals surface area contributed by atoms with Gasteiger partial charge in [-0.05, 0) is 49.1 Å². The molecule has 0 saturated carbocycles. The Labute approximate surface area is 213 Å². The fourth-order valence-electron chi connectivity index (χ4n) is 4.14. The second kappa shape index (κ2) is 16.8. The number of nitrogens with two attached hydrogens (primary N) is 1. The third-order valence-corrected chi connectivity index (χ3v) is 6.16. The van der Waals surface area contributed by atoms with Gasteiger partial charge < -0.3 is 15.2 Å². The molecule has 35 heavy (non-hydrogen) atoms. The molecule has 0 amide bonds. The topological polar surface area (TPSA) is 61.5 Å². The van der Waals surface area contributed by atoms with Gasteiger partial charge in [0.15, 0.2) is 0 Å². The van der Waals surface area contributed by atoms with E-state index in [1.54, 1.807) is 6.08 Å². The highest BCUT2D eigenvalue weighted by atomic mass is 16.5. The van der Waals surface area contributed by atoms with Gasteiger partial charge in [0.25, 0.3) is 0 Å². The maximum atomic E-state index is 12.4. The van der Waals surface area contributed by atoms with Crippen LogP contribution in [0.2, 0.25) is 0 Å². The number of rotatable bonds is 16. The first-order valence-corrected chi connectivity index (χ1v) is 13.5. The second-order valence-corrected chi connectivity index (χ2v) is 9.44. The normalized spacial score (nSPS) is 17.8. The Hall–Kier alpha value is -2.75. The second-order valence-electron chi connectivity index (χ2n) is 9.44. The lowest BCUT2D eigenvalue weighted by Crippen LogP contribution is -2.21. The van der Waals surface area contributed by atoms with Crippen LogP contribution in [0, 0.1) is 5.92 Å². The van der Waals surface area contributed by atoms with E-state index in [9.17, 15) is 4.79 Å². The zero-order valence-electron chi connectivity index (χ0n) is 22.0. The first-order valence-electron chi connectivity index (χ1n) is 13.5. The van der Waals surface area contributed by atoms with E-state index in [4.69, 9.17) is 15.2 Å². The molecular weight excluding hydrogens is 434 g/mol. The average molecular weight is 480 g/mol. The molecule has 1 aromatic carbocycles. The first kappa shape index (κ1) is 28.5. The Morgan fingerprint density at radius 1 is 1.00 bits per heavy atom. The molecule has 0 fully saturated rings. The van der Waals surface area contributed by atoms with E-state index in [0.717, 1.165) is 36.2 Å². The van der Waals surface area contributed by atoms with Crippen LogP contribution in [0.5, 0.6) is 0 Å². The quantitative estimate of drug-likeness (QED) is 0.149. The summed E-state index contributed by atoms with van der Waals surface area (Å²) in [6.45, 7) is 6.93. The number of benzene rings is 1. The highest BCUT2D eigenvalue weighted by Crippen LogP contribution is 2.27. The van der Waals surface area contributed by atoms with Gasteiger partial charge in [0, 0.05) is 5.92 Å². The Bertz CT molecular complexity index is 866. The van der Waals surface area contributed by atoms with Crippen molar-refractivity contribution in [2.45, 2.75) is 91.1 Å². The lowest BCUT2D eigenvalue weighted by atomic mass is 9.91. The third-order valence-electron chi connectivity index (χ3n) is 6.16. The smallest absolute Gasteiger partial charge is 0.354 e. The number of hydrogen-bond acceptors (Lipinski definition) is 4. The maximum absolute atomic E-state index is 12.4. The molecule has 192 valence electrons. The van der Waals surface area contributed by atoms with Crippen molar-refractivity contribution in [3.63, 3.8) is 0 Å². The molecule has 0 aliphatic heterocycles. The predicted octanol–water partition coefficient (Wildman–Crippen LogP) is 7.87. The first-order chi connectivity index (χ1) is 17.0. The molecule has 0 heterocycles. The molecule has 2 unspecified atom stereocenters. The lowest BCUT2D eigenvalue weighted by molar-refractivity contribution is -0.143. The molecule has 2 N–H and O–H groups in total. The monoisotopic (exact) mass is 479 g/mol. The van der Waals surface area contributed by atoms with Gasteiger partial charge in [-0.1, -0.05) is 108 Å². The van der Waals surface area contributed by atoms with Crippen molar-refractivity contribution in [2.75, 3.05) is 6.61 Å². The van der Waals surface area contributed by atoms with Crippen LogP contribution in [0.1, 0.15) is 90.5 Å². The summed E-state index contributed by atoms with van der Waals surface area (Å²) in [4.78, 5) is 12.4. The van der Waals surface area contributed by atoms with Gasteiger partial charge in [0.05, 0.1) is 12.7 Å². The number of carbonyl (C=O) groups excluding carboxylic acids is 1. The molecule has 1 aromatic rings. The molecule has 1 aliphatic carbocycles. The fourth-order valence-corrected chi connectivity index (χ4v) is 4.14. The van der Waals surface area contributed by atoms with E-state index in [0.29, 0.717) is 6.61 Å². The number of ether oxygens (including phenoxy) is 2. The van der Waals surface area contributed by atoms with E-state index in [-0.39, 0.29) is 17.7 Å². The van der Waals surface area contributed by atoms with Gasteiger partial charge in [0.2, 0.25) is 0 Å². The molecular formula is C31H45NO3. The molecule has 0 bridgehead atoms. The zero-order valence-corrected chi connectivity index (χ0v) is 22.0. The maximum Gasteiger partial charge on any atom is 0.354 e. The largest absolute Gasteiger partial charge is 0.494 e. The van der Waals surface area contributed by atoms with Crippen LogP contribution >= 0.6 is 0 Å². The van der Waals surface area contributed by atoms with Crippen molar-refractivity contribution < 1.29 is 14.3 Å². The van der Waals surface area contributed by atoms with E-state index < -0.39 is 5.97 Å². The SMILES string of the molecule is CCCCCCCCCCOC1=CC(=Cc2ccccc2)C(C=C(N)C(=O)OC(C)CCC)C=C1. The lowest BCUT2D eigenvalue weighted by Gasteiger charge is -2.19. The van der Waals surface area contributed by atoms with Crippen LogP contribution in [0.25, 0.3) is 6.08 Å². The Kier molecular flexibility index (Phi) is 13.7. The number of hydrogen-bond donors (Lipinski definition) is 1. The molecule has 0 spiro atoms. The summed E-state index contributed by atoms with van der Waals surface area (Å²) in [6, 6.07) is 10.1. The fraction of sp³-hybridized carbons (Fsp3) is 0.516. The van der Waals surface area contributed by atoms with Crippen LogP contribution in [-0.4, -0.2) is 18.7 Å². The van der Waals surface area contributed by atoms with Gasteiger partial charge in [-0.2, -0.15) is 0 Å².